The topological polar surface area (TPSA) is 60.3 Å². The van der Waals surface area contributed by atoms with Gasteiger partial charge in [-0.3, -0.25) is 14.2 Å². The molecule has 0 saturated carbocycles. The van der Waals surface area contributed by atoms with Crippen molar-refractivity contribution in [2.75, 3.05) is 5.32 Å². The summed E-state index contributed by atoms with van der Waals surface area (Å²) in [7, 11) is 0. The fourth-order valence-corrected chi connectivity index (χ4v) is 3.73. The molecule has 5 nitrogen and oxygen atoms in total. The summed E-state index contributed by atoms with van der Waals surface area (Å²) in [6.07, 6.45) is 0.494. The van der Waals surface area contributed by atoms with Crippen molar-refractivity contribution in [3.05, 3.63) is 101 Å². The minimum absolute atomic E-state index is 0.176. The Hall–Kier alpha value is -3.86. The number of para-hydroxylation sites is 2. The molecule has 1 amide bonds. The number of pyridine rings is 1. The number of amides is 1. The monoisotopic (exact) mass is 412 g/mol. The number of carbonyl (C=O) groups excluding carboxylic acids is 1. The maximum atomic E-state index is 13.1. The normalized spacial score (nSPS) is 11.8. The summed E-state index contributed by atoms with van der Waals surface area (Å²) in [5.41, 5.74) is 2.14. The first-order valence-corrected chi connectivity index (χ1v) is 10.3. The van der Waals surface area contributed by atoms with Gasteiger partial charge in [0.2, 0.25) is 5.91 Å². The predicted molar refractivity (Wildman–Crippen MR) is 124 cm³/mol. The molecule has 0 fully saturated rings. The van der Waals surface area contributed by atoms with E-state index in [2.05, 4.69) is 5.32 Å². The van der Waals surface area contributed by atoms with E-state index in [1.54, 1.807) is 34.9 Å². The molecule has 0 bridgehead atoms. The van der Waals surface area contributed by atoms with E-state index in [0.29, 0.717) is 17.9 Å². The average Bonchev–Trinajstić information content (AvgIpc) is 2.78. The Morgan fingerprint density at radius 3 is 2.29 bits per heavy atom. The number of nitrogens with one attached hydrogen (secondary N) is 1. The highest BCUT2D eigenvalue weighted by molar-refractivity contribution is 5.95. The number of fused-ring (bicyclic) bond motifs is 1. The van der Waals surface area contributed by atoms with Gasteiger partial charge in [-0.05, 0) is 61.4 Å². The quantitative estimate of drug-likeness (QED) is 0.442. The molecule has 0 aliphatic rings. The summed E-state index contributed by atoms with van der Waals surface area (Å²) >= 11 is 0. The lowest BCUT2D eigenvalue weighted by Gasteiger charge is -2.21. The van der Waals surface area contributed by atoms with E-state index in [9.17, 15) is 9.59 Å². The van der Waals surface area contributed by atoms with E-state index in [1.165, 1.54) is 0 Å². The van der Waals surface area contributed by atoms with Gasteiger partial charge in [0.1, 0.15) is 17.5 Å². The third-order valence-corrected chi connectivity index (χ3v) is 5.27. The van der Waals surface area contributed by atoms with Gasteiger partial charge in [-0.2, -0.15) is 0 Å². The first-order valence-electron chi connectivity index (χ1n) is 10.3. The lowest BCUT2D eigenvalue weighted by Crippen LogP contribution is -2.33. The Labute approximate surface area is 180 Å². The minimum atomic E-state index is -0.613. The van der Waals surface area contributed by atoms with Crippen LogP contribution in [0.5, 0.6) is 11.5 Å². The Morgan fingerprint density at radius 2 is 1.58 bits per heavy atom. The number of anilines is 1. The molecule has 1 N–H and O–H groups in total. The Kier molecular flexibility index (Phi) is 5.85. The van der Waals surface area contributed by atoms with Gasteiger partial charge >= 0.3 is 0 Å². The number of aryl methyl sites for hydroxylation is 1. The first-order chi connectivity index (χ1) is 15.1. The molecule has 0 radical (unpaired) electrons. The van der Waals surface area contributed by atoms with Gasteiger partial charge in [0.05, 0.1) is 5.52 Å². The van der Waals surface area contributed by atoms with Crippen molar-refractivity contribution < 1.29 is 9.53 Å². The molecule has 0 saturated heterocycles. The maximum Gasteiger partial charge on any atom is 0.252 e. The molecule has 1 atom stereocenters. The van der Waals surface area contributed by atoms with Gasteiger partial charge in [0, 0.05) is 17.1 Å². The van der Waals surface area contributed by atoms with E-state index >= 15 is 0 Å². The van der Waals surface area contributed by atoms with Crippen LogP contribution in [-0.2, 0) is 4.79 Å². The molecule has 1 heterocycles. The van der Waals surface area contributed by atoms with Crippen LogP contribution in [0.4, 0.5) is 5.69 Å². The summed E-state index contributed by atoms with van der Waals surface area (Å²) in [4.78, 5) is 25.9. The van der Waals surface area contributed by atoms with Gasteiger partial charge in [0.15, 0.2) is 0 Å². The average molecular weight is 412 g/mol. The van der Waals surface area contributed by atoms with Gasteiger partial charge in [-0.25, -0.2) is 0 Å². The first kappa shape index (κ1) is 20.4. The maximum absolute atomic E-state index is 13.1. The lowest BCUT2D eigenvalue weighted by atomic mass is 10.1. The molecular formula is C26H24N2O3. The number of hydrogen-bond donors (Lipinski definition) is 1. The summed E-state index contributed by atoms with van der Waals surface area (Å²) in [6.45, 7) is 3.82. The summed E-state index contributed by atoms with van der Waals surface area (Å²) in [5, 5.41) is 3.90. The van der Waals surface area contributed by atoms with E-state index in [0.717, 1.165) is 22.2 Å². The third-order valence-electron chi connectivity index (χ3n) is 5.27. The molecular weight excluding hydrogens is 388 g/mol. The van der Waals surface area contributed by atoms with Crippen molar-refractivity contribution in [3.63, 3.8) is 0 Å². The zero-order valence-electron chi connectivity index (χ0n) is 17.5. The van der Waals surface area contributed by atoms with Crippen LogP contribution in [0.1, 0.15) is 24.9 Å². The molecule has 31 heavy (non-hydrogen) atoms. The molecule has 0 aliphatic carbocycles. The summed E-state index contributed by atoms with van der Waals surface area (Å²) in [6, 6.07) is 25.3. The SMILES string of the molecule is CCC(C(=O)Nc1ccc(Oc2ccccc2)cc1)n1c(=O)cc(C)c2ccccc21. The van der Waals surface area contributed by atoms with Crippen molar-refractivity contribution in [1.29, 1.82) is 0 Å². The van der Waals surface area contributed by atoms with Gasteiger partial charge < -0.3 is 10.1 Å². The number of hydrogen-bond acceptors (Lipinski definition) is 3. The van der Waals surface area contributed by atoms with E-state index in [-0.39, 0.29) is 11.5 Å². The van der Waals surface area contributed by atoms with Crippen LogP contribution in [0.3, 0.4) is 0 Å². The molecule has 5 heteroatoms. The van der Waals surface area contributed by atoms with Gasteiger partial charge in [-0.15, -0.1) is 0 Å². The van der Waals surface area contributed by atoms with Crippen LogP contribution in [-0.4, -0.2) is 10.5 Å². The fraction of sp³-hybridized carbons (Fsp3) is 0.154. The van der Waals surface area contributed by atoms with Gasteiger partial charge in [-0.1, -0.05) is 43.3 Å². The molecule has 156 valence electrons. The highest BCUT2D eigenvalue weighted by Gasteiger charge is 2.22. The lowest BCUT2D eigenvalue weighted by molar-refractivity contribution is -0.119. The van der Waals surface area contributed by atoms with Gasteiger partial charge in [0.25, 0.3) is 5.56 Å². The van der Waals surface area contributed by atoms with Crippen LogP contribution in [0.25, 0.3) is 10.9 Å². The molecule has 4 aromatic rings. The number of aromatic nitrogens is 1. The third kappa shape index (κ3) is 4.36. The Bertz CT molecular complexity index is 1260. The molecule has 0 spiro atoms. The van der Waals surface area contributed by atoms with Crippen LogP contribution in [0.15, 0.2) is 89.7 Å². The van der Waals surface area contributed by atoms with Crippen LogP contribution in [0, 0.1) is 6.92 Å². The summed E-state index contributed by atoms with van der Waals surface area (Å²) < 4.78 is 7.38. The highest BCUT2D eigenvalue weighted by Crippen LogP contribution is 2.25. The van der Waals surface area contributed by atoms with E-state index < -0.39 is 6.04 Å². The molecule has 0 aliphatic heterocycles. The predicted octanol–water partition coefficient (Wildman–Crippen LogP) is 5.69. The smallest absolute Gasteiger partial charge is 0.252 e. The number of benzene rings is 3. The highest BCUT2D eigenvalue weighted by atomic mass is 16.5. The largest absolute Gasteiger partial charge is 0.457 e. The van der Waals surface area contributed by atoms with E-state index in [4.69, 9.17) is 4.74 Å². The molecule has 1 aromatic heterocycles. The van der Waals surface area contributed by atoms with E-state index in [1.807, 2.05) is 68.4 Å². The zero-order valence-corrected chi connectivity index (χ0v) is 17.5. The molecule has 4 rings (SSSR count). The van der Waals surface area contributed by atoms with Crippen molar-refractivity contribution in [3.8, 4) is 11.5 Å². The standard InChI is InChI=1S/C26H24N2O3/c1-3-23(28-24-12-8-7-11-22(24)18(2)17-25(28)29)26(30)27-19-13-15-21(16-14-19)31-20-9-5-4-6-10-20/h4-17,23H,3H2,1-2H3,(H,27,30). The Morgan fingerprint density at radius 1 is 0.935 bits per heavy atom. The number of ether oxygens (including phenoxy) is 1. The van der Waals surface area contributed by atoms with Crippen LogP contribution >= 0.6 is 0 Å². The Balaban J connectivity index is 1.57. The number of nitrogens with zero attached hydrogens (tertiary/aromatic N) is 1. The van der Waals surface area contributed by atoms with Crippen LogP contribution < -0.4 is 15.6 Å². The number of carbonyl (C=O) groups is 1. The summed E-state index contributed by atoms with van der Waals surface area (Å²) in [5.74, 6) is 1.20. The van der Waals surface area contributed by atoms with Crippen molar-refractivity contribution in [1.82, 2.24) is 4.57 Å². The molecule has 1 unspecified atom stereocenters. The molecule has 3 aromatic carbocycles. The van der Waals surface area contributed by atoms with Crippen LogP contribution in [0.2, 0.25) is 0 Å². The fourth-order valence-electron chi connectivity index (χ4n) is 3.73. The van der Waals surface area contributed by atoms with Crippen molar-refractivity contribution >= 4 is 22.5 Å². The second-order valence-corrected chi connectivity index (χ2v) is 7.41. The van der Waals surface area contributed by atoms with Crippen molar-refractivity contribution in [2.24, 2.45) is 0 Å². The second-order valence-electron chi connectivity index (χ2n) is 7.41. The minimum Gasteiger partial charge on any atom is -0.457 e. The van der Waals surface area contributed by atoms with Crippen molar-refractivity contribution in [2.45, 2.75) is 26.3 Å². The number of rotatable bonds is 6. The zero-order chi connectivity index (χ0) is 21.8. The second kappa shape index (κ2) is 8.88.